The van der Waals surface area contributed by atoms with Gasteiger partial charge in [-0.05, 0) is 31.5 Å². The molecule has 132 valence electrons. The summed E-state index contributed by atoms with van der Waals surface area (Å²) in [6.45, 7) is 9.72. The van der Waals surface area contributed by atoms with Gasteiger partial charge in [0, 0.05) is 52.0 Å². The molecule has 2 fully saturated rings. The van der Waals surface area contributed by atoms with Gasteiger partial charge in [0.15, 0.2) is 0 Å². The number of hydrogen-bond donors (Lipinski definition) is 2. The summed E-state index contributed by atoms with van der Waals surface area (Å²) in [7, 11) is 0. The van der Waals surface area contributed by atoms with Crippen molar-refractivity contribution < 1.29 is 5.11 Å². The van der Waals surface area contributed by atoms with E-state index in [2.05, 4.69) is 33.1 Å². The van der Waals surface area contributed by atoms with E-state index in [9.17, 15) is 5.11 Å². The predicted molar refractivity (Wildman–Crippen MR) is 97.6 cm³/mol. The number of rotatable bonds is 4. The normalized spacial score (nSPS) is 25.7. The number of hydrogen-bond acceptors (Lipinski definition) is 5. The fourth-order valence-corrected chi connectivity index (χ4v) is 3.28. The van der Waals surface area contributed by atoms with E-state index in [-0.39, 0.29) is 24.8 Å². The van der Waals surface area contributed by atoms with Crippen LogP contribution in [0.15, 0.2) is 18.3 Å². The van der Waals surface area contributed by atoms with Crippen LogP contribution in [0, 0.1) is 6.92 Å². The third-order valence-corrected chi connectivity index (χ3v) is 4.70. The molecule has 2 aliphatic heterocycles. The van der Waals surface area contributed by atoms with Gasteiger partial charge in [-0.15, -0.1) is 24.8 Å². The Kier molecular flexibility index (Phi) is 8.21. The number of nitrogens with one attached hydrogen (secondary N) is 1. The molecular weight excluding hydrogens is 335 g/mol. The van der Waals surface area contributed by atoms with Gasteiger partial charge in [0.1, 0.15) is 0 Å². The number of halogens is 2. The van der Waals surface area contributed by atoms with Crippen molar-refractivity contribution in [1.29, 1.82) is 0 Å². The fourth-order valence-electron chi connectivity index (χ4n) is 3.28. The first-order valence-electron chi connectivity index (χ1n) is 7.93. The Hall–Kier alpha value is -0.430. The summed E-state index contributed by atoms with van der Waals surface area (Å²) in [5, 5.41) is 13.7. The first-order chi connectivity index (χ1) is 10.1. The lowest BCUT2D eigenvalue weighted by Crippen LogP contribution is -2.52. The van der Waals surface area contributed by atoms with Crippen LogP contribution in [0.1, 0.15) is 17.7 Å². The average molecular weight is 363 g/mol. The molecule has 0 aromatic carbocycles. The van der Waals surface area contributed by atoms with Gasteiger partial charge in [0.25, 0.3) is 0 Å². The second-order valence-corrected chi connectivity index (χ2v) is 6.47. The molecule has 23 heavy (non-hydrogen) atoms. The lowest BCUT2D eigenvalue weighted by Gasteiger charge is -2.38. The van der Waals surface area contributed by atoms with Crippen LogP contribution in [-0.4, -0.2) is 71.3 Å². The zero-order chi connectivity index (χ0) is 14.7. The molecule has 0 spiro atoms. The molecule has 0 bridgehead atoms. The van der Waals surface area contributed by atoms with Crippen LogP contribution >= 0.6 is 24.8 Å². The van der Waals surface area contributed by atoms with Crippen molar-refractivity contribution in [2.45, 2.75) is 25.5 Å². The Morgan fingerprint density at radius 1 is 1.22 bits per heavy atom. The van der Waals surface area contributed by atoms with Crippen molar-refractivity contribution in [1.82, 2.24) is 20.1 Å². The molecule has 0 saturated carbocycles. The van der Waals surface area contributed by atoms with E-state index in [4.69, 9.17) is 0 Å². The van der Waals surface area contributed by atoms with E-state index in [1.807, 2.05) is 12.3 Å². The van der Waals surface area contributed by atoms with Crippen molar-refractivity contribution in [3.8, 4) is 0 Å². The van der Waals surface area contributed by atoms with E-state index in [0.29, 0.717) is 0 Å². The zero-order valence-electron chi connectivity index (χ0n) is 13.7. The molecule has 1 unspecified atom stereocenters. The smallest absolute Gasteiger partial charge is 0.0909 e. The predicted octanol–water partition coefficient (Wildman–Crippen LogP) is 1.08. The summed E-state index contributed by atoms with van der Waals surface area (Å²) >= 11 is 0. The van der Waals surface area contributed by atoms with Crippen LogP contribution in [-0.2, 0) is 6.54 Å². The number of piperazine rings is 1. The third-order valence-electron chi connectivity index (χ3n) is 4.70. The highest BCUT2D eigenvalue weighted by Gasteiger charge is 2.33. The lowest BCUT2D eigenvalue weighted by molar-refractivity contribution is 0.00413. The number of nitrogens with zero attached hydrogens (tertiary/aromatic N) is 3. The summed E-state index contributed by atoms with van der Waals surface area (Å²) in [6.07, 6.45) is 2.75. The van der Waals surface area contributed by atoms with Crippen LogP contribution in [0.25, 0.3) is 0 Å². The van der Waals surface area contributed by atoms with Crippen LogP contribution < -0.4 is 5.32 Å². The van der Waals surface area contributed by atoms with Gasteiger partial charge in [-0.3, -0.25) is 14.8 Å². The van der Waals surface area contributed by atoms with Gasteiger partial charge in [-0.1, -0.05) is 6.07 Å². The molecule has 7 heteroatoms. The zero-order valence-corrected chi connectivity index (χ0v) is 15.3. The highest BCUT2D eigenvalue weighted by atomic mass is 35.5. The first-order valence-corrected chi connectivity index (χ1v) is 7.93. The molecule has 2 N–H and O–H groups in total. The highest BCUT2D eigenvalue weighted by molar-refractivity contribution is 5.85. The number of aryl methyl sites for hydroxylation is 1. The van der Waals surface area contributed by atoms with Crippen molar-refractivity contribution in [2.75, 3.05) is 45.8 Å². The Balaban J connectivity index is 0.00000132. The van der Waals surface area contributed by atoms with Crippen LogP contribution in [0.5, 0.6) is 0 Å². The molecule has 1 aromatic heterocycles. The molecule has 5 nitrogen and oxygen atoms in total. The number of aromatic nitrogens is 1. The maximum Gasteiger partial charge on any atom is 0.0909 e. The number of pyridine rings is 1. The van der Waals surface area contributed by atoms with Crippen molar-refractivity contribution >= 4 is 24.8 Å². The van der Waals surface area contributed by atoms with Gasteiger partial charge < -0.3 is 10.4 Å². The standard InChI is InChI=1S/C16H26N4O.2ClH/c1-14-3-2-5-18-15(14)11-19-7-9-20(10-8-19)13-16(21)4-6-17-12-16;;/h2-3,5,17,21H,4,6-13H2,1H3;2*1H. The number of aliphatic hydroxyl groups is 1. The maximum atomic E-state index is 10.5. The molecule has 2 saturated heterocycles. The van der Waals surface area contributed by atoms with Gasteiger partial charge >= 0.3 is 0 Å². The molecular formula is C16H28Cl2N4O. The molecule has 1 atom stereocenters. The molecule has 1 aromatic rings. The molecule has 0 aliphatic carbocycles. The van der Waals surface area contributed by atoms with E-state index >= 15 is 0 Å². The molecule has 3 rings (SSSR count). The molecule has 3 heterocycles. The minimum Gasteiger partial charge on any atom is -0.387 e. The average Bonchev–Trinajstić information content (AvgIpc) is 2.90. The first kappa shape index (κ1) is 20.6. The topological polar surface area (TPSA) is 51.6 Å². The number of β-amino-alcohol motifs (C(OH)–C–C–N with tert-alkyl or cyclic N) is 1. The largest absolute Gasteiger partial charge is 0.387 e. The highest BCUT2D eigenvalue weighted by Crippen LogP contribution is 2.17. The fraction of sp³-hybridized carbons (Fsp3) is 0.688. The summed E-state index contributed by atoms with van der Waals surface area (Å²) in [6, 6.07) is 4.12. The summed E-state index contributed by atoms with van der Waals surface area (Å²) in [5.41, 5.74) is 1.94. The van der Waals surface area contributed by atoms with Gasteiger partial charge in [-0.2, -0.15) is 0 Å². The van der Waals surface area contributed by atoms with Gasteiger partial charge in [0.05, 0.1) is 11.3 Å². The van der Waals surface area contributed by atoms with Crippen LogP contribution in [0.2, 0.25) is 0 Å². The van der Waals surface area contributed by atoms with E-state index in [0.717, 1.165) is 58.8 Å². The quantitative estimate of drug-likeness (QED) is 0.839. The van der Waals surface area contributed by atoms with Crippen molar-refractivity contribution in [3.63, 3.8) is 0 Å². The summed E-state index contributed by atoms with van der Waals surface area (Å²) in [5.74, 6) is 0. The summed E-state index contributed by atoms with van der Waals surface area (Å²) in [4.78, 5) is 9.34. The Labute approximate surface area is 151 Å². The van der Waals surface area contributed by atoms with Crippen LogP contribution in [0.4, 0.5) is 0 Å². The van der Waals surface area contributed by atoms with Gasteiger partial charge in [0.2, 0.25) is 0 Å². The van der Waals surface area contributed by atoms with E-state index < -0.39 is 5.60 Å². The van der Waals surface area contributed by atoms with E-state index in [1.165, 1.54) is 11.3 Å². The Bertz CT molecular complexity index is 475. The molecule has 0 radical (unpaired) electrons. The Morgan fingerprint density at radius 3 is 2.52 bits per heavy atom. The lowest BCUT2D eigenvalue weighted by atomic mass is 10.0. The SMILES string of the molecule is Cc1cccnc1CN1CCN(CC2(O)CCNC2)CC1.Cl.Cl. The second-order valence-electron chi connectivity index (χ2n) is 6.47. The third kappa shape index (κ3) is 5.55. The monoisotopic (exact) mass is 362 g/mol. The van der Waals surface area contributed by atoms with Crippen molar-refractivity contribution in [3.05, 3.63) is 29.6 Å². The molecule has 0 amide bonds. The minimum atomic E-state index is -0.514. The minimum absolute atomic E-state index is 0. The van der Waals surface area contributed by atoms with Crippen LogP contribution in [0.3, 0.4) is 0 Å². The maximum absolute atomic E-state index is 10.5. The van der Waals surface area contributed by atoms with E-state index in [1.54, 1.807) is 0 Å². The van der Waals surface area contributed by atoms with Gasteiger partial charge in [-0.25, -0.2) is 0 Å². The Morgan fingerprint density at radius 2 is 1.91 bits per heavy atom. The molecule has 2 aliphatic rings. The van der Waals surface area contributed by atoms with Crippen molar-refractivity contribution in [2.24, 2.45) is 0 Å². The summed E-state index contributed by atoms with van der Waals surface area (Å²) < 4.78 is 0. The second kappa shape index (κ2) is 9.16.